The summed E-state index contributed by atoms with van der Waals surface area (Å²) < 4.78 is 5.40. The largest absolute Gasteiger partial charge is 0.464 e. The van der Waals surface area contributed by atoms with Gasteiger partial charge in [0.05, 0.1) is 12.0 Å². The molecule has 1 aliphatic heterocycles. The van der Waals surface area contributed by atoms with Crippen molar-refractivity contribution in [3.8, 4) is 0 Å². The van der Waals surface area contributed by atoms with Gasteiger partial charge in [0.2, 0.25) is 0 Å². The van der Waals surface area contributed by atoms with Gasteiger partial charge in [-0.25, -0.2) is 9.59 Å². The van der Waals surface area contributed by atoms with Crippen molar-refractivity contribution in [2.45, 2.75) is 58.4 Å². The molecule has 5 nitrogen and oxygen atoms in total. The van der Waals surface area contributed by atoms with Gasteiger partial charge in [0, 0.05) is 11.4 Å². The number of nitrogens with zero attached hydrogens (tertiary/aromatic N) is 1. The van der Waals surface area contributed by atoms with Crippen molar-refractivity contribution in [1.29, 1.82) is 0 Å². The summed E-state index contributed by atoms with van der Waals surface area (Å²) in [4.78, 5) is 27.2. The summed E-state index contributed by atoms with van der Waals surface area (Å²) in [5.41, 5.74) is 1.77. The van der Waals surface area contributed by atoms with Gasteiger partial charge in [-0.3, -0.25) is 4.90 Å². The Morgan fingerprint density at radius 2 is 2.08 bits per heavy atom. The number of hydrogen-bond acceptors (Lipinski definition) is 4. The number of hydrogen-bond donors (Lipinski definition) is 1. The van der Waals surface area contributed by atoms with Gasteiger partial charge >= 0.3 is 12.0 Å². The first-order valence-electron chi connectivity index (χ1n) is 9.37. The van der Waals surface area contributed by atoms with Gasteiger partial charge in [0.15, 0.2) is 0 Å². The van der Waals surface area contributed by atoms with Gasteiger partial charge in [0.1, 0.15) is 6.04 Å². The van der Waals surface area contributed by atoms with Gasteiger partial charge in [-0.05, 0) is 37.3 Å². The molecule has 0 aromatic heterocycles. The quantitative estimate of drug-likeness (QED) is 0.554. The number of ether oxygens (including phenoxy) is 1. The Balaban J connectivity index is 2.14. The van der Waals surface area contributed by atoms with Crippen molar-refractivity contribution >= 4 is 29.4 Å². The number of benzene rings is 1. The lowest BCUT2D eigenvalue weighted by Crippen LogP contribution is -2.48. The third-order valence-corrected chi connectivity index (χ3v) is 5.71. The van der Waals surface area contributed by atoms with E-state index in [0.717, 1.165) is 30.5 Å². The summed E-state index contributed by atoms with van der Waals surface area (Å²) >= 11 is 1.66. The average Bonchev–Trinajstić information content (AvgIpc) is 3.00. The molecule has 26 heavy (non-hydrogen) atoms. The van der Waals surface area contributed by atoms with Crippen LogP contribution in [0.25, 0.3) is 0 Å². The summed E-state index contributed by atoms with van der Waals surface area (Å²) in [5, 5.41) is 2.96. The summed E-state index contributed by atoms with van der Waals surface area (Å²) in [5.74, 6) is 0.733. The third-order valence-electron chi connectivity index (χ3n) is 4.40. The predicted octanol–water partition coefficient (Wildman–Crippen LogP) is 4.66. The molecule has 2 rings (SSSR count). The Labute approximate surface area is 160 Å². The monoisotopic (exact) mass is 378 g/mol. The van der Waals surface area contributed by atoms with Crippen LogP contribution >= 0.6 is 11.8 Å². The number of anilines is 1. The van der Waals surface area contributed by atoms with Gasteiger partial charge in [-0.2, -0.15) is 0 Å². The highest BCUT2D eigenvalue weighted by atomic mass is 32.2. The first-order chi connectivity index (χ1) is 12.4. The lowest BCUT2D eigenvalue weighted by Gasteiger charge is -2.29. The SMILES string of the molecule is CCCCOC(=O)[C@H]1CS[C@@H](CC(C)C)N1C(=O)Nc1ccccc1C. The molecule has 0 saturated carbocycles. The van der Waals surface area contributed by atoms with E-state index in [-0.39, 0.29) is 17.4 Å². The van der Waals surface area contributed by atoms with Crippen LogP contribution in [0.2, 0.25) is 0 Å². The maximum absolute atomic E-state index is 13.0. The van der Waals surface area contributed by atoms with Crippen LogP contribution in [0, 0.1) is 12.8 Å². The van der Waals surface area contributed by atoms with Crippen molar-refractivity contribution in [2.75, 3.05) is 17.7 Å². The molecule has 0 unspecified atom stereocenters. The summed E-state index contributed by atoms with van der Waals surface area (Å²) in [7, 11) is 0. The number of para-hydroxylation sites is 1. The molecule has 1 aromatic rings. The maximum atomic E-state index is 13.0. The van der Waals surface area contributed by atoms with Gasteiger partial charge in [0.25, 0.3) is 0 Å². The zero-order chi connectivity index (χ0) is 19.1. The Hall–Kier alpha value is -1.69. The molecule has 0 aliphatic carbocycles. The van der Waals surface area contributed by atoms with Crippen molar-refractivity contribution in [3.63, 3.8) is 0 Å². The minimum absolute atomic E-state index is 0.0113. The van der Waals surface area contributed by atoms with Crippen LogP contribution in [0.5, 0.6) is 0 Å². The molecule has 1 heterocycles. The molecule has 1 aromatic carbocycles. The van der Waals surface area contributed by atoms with Gasteiger partial charge in [-0.15, -0.1) is 11.8 Å². The van der Waals surface area contributed by atoms with Crippen molar-refractivity contribution in [1.82, 2.24) is 4.90 Å². The number of carbonyl (C=O) groups is 2. The topological polar surface area (TPSA) is 58.6 Å². The van der Waals surface area contributed by atoms with Crippen molar-refractivity contribution < 1.29 is 14.3 Å². The fraction of sp³-hybridized carbons (Fsp3) is 0.600. The van der Waals surface area contributed by atoms with E-state index in [2.05, 4.69) is 26.1 Å². The lowest BCUT2D eigenvalue weighted by atomic mass is 10.1. The van der Waals surface area contributed by atoms with Gasteiger partial charge in [-0.1, -0.05) is 45.4 Å². The molecule has 2 atom stereocenters. The number of thioether (sulfide) groups is 1. The minimum Gasteiger partial charge on any atom is -0.464 e. The van der Waals surface area contributed by atoms with E-state index in [0.29, 0.717) is 18.3 Å². The number of amides is 2. The molecule has 0 radical (unpaired) electrons. The Morgan fingerprint density at radius 3 is 2.73 bits per heavy atom. The molecule has 1 saturated heterocycles. The molecular formula is C20H30N2O3S. The number of aryl methyl sites for hydroxylation is 1. The van der Waals surface area contributed by atoms with Crippen LogP contribution in [-0.4, -0.2) is 40.7 Å². The summed E-state index contributed by atoms with van der Waals surface area (Å²) in [6.07, 6.45) is 2.67. The zero-order valence-electron chi connectivity index (χ0n) is 16.2. The number of nitrogens with one attached hydrogen (secondary N) is 1. The second-order valence-electron chi connectivity index (χ2n) is 7.11. The summed E-state index contributed by atoms with van der Waals surface area (Å²) in [6.45, 7) is 8.69. The second kappa shape index (κ2) is 9.86. The van der Waals surface area contributed by atoms with Crippen LogP contribution in [0.1, 0.15) is 45.6 Å². The van der Waals surface area contributed by atoms with Crippen LogP contribution in [0.3, 0.4) is 0 Å². The predicted molar refractivity (Wildman–Crippen MR) is 107 cm³/mol. The van der Waals surface area contributed by atoms with Crippen LogP contribution in [0.15, 0.2) is 24.3 Å². The number of urea groups is 1. The number of rotatable bonds is 7. The van der Waals surface area contributed by atoms with E-state index >= 15 is 0 Å². The standard InChI is InChI=1S/C20H30N2O3S/c1-5-6-11-25-19(23)17-13-26-18(12-14(2)3)22(17)20(24)21-16-10-8-7-9-15(16)4/h7-10,14,17-18H,5-6,11-13H2,1-4H3,(H,21,24)/t17-,18+/m1/s1. The normalized spacial score (nSPS) is 19.7. The Kier molecular flexibility index (Phi) is 7.82. The lowest BCUT2D eigenvalue weighted by molar-refractivity contribution is -0.148. The summed E-state index contributed by atoms with van der Waals surface area (Å²) in [6, 6.07) is 6.91. The first-order valence-corrected chi connectivity index (χ1v) is 10.4. The molecule has 2 amide bonds. The van der Waals surface area contributed by atoms with Gasteiger partial charge < -0.3 is 10.1 Å². The number of carbonyl (C=O) groups excluding carboxylic acids is 2. The third kappa shape index (κ3) is 5.40. The molecule has 1 aliphatic rings. The molecule has 0 bridgehead atoms. The van der Waals surface area contributed by atoms with E-state index in [1.54, 1.807) is 16.7 Å². The smallest absolute Gasteiger partial charge is 0.329 e. The van der Waals surface area contributed by atoms with E-state index in [4.69, 9.17) is 4.74 Å². The molecule has 1 N–H and O–H groups in total. The van der Waals surface area contributed by atoms with Crippen molar-refractivity contribution in [2.24, 2.45) is 5.92 Å². The average molecular weight is 379 g/mol. The number of esters is 1. The molecule has 1 fully saturated rings. The highest BCUT2D eigenvalue weighted by Crippen LogP contribution is 2.34. The zero-order valence-corrected chi connectivity index (χ0v) is 17.0. The first kappa shape index (κ1) is 20.6. The van der Waals surface area contributed by atoms with E-state index in [9.17, 15) is 9.59 Å². The molecule has 0 spiro atoms. The molecular weight excluding hydrogens is 348 g/mol. The van der Waals surface area contributed by atoms with Crippen LogP contribution in [-0.2, 0) is 9.53 Å². The second-order valence-corrected chi connectivity index (χ2v) is 8.32. The van der Waals surface area contributed by atoms with Crippen molar-refractivity contribution in [3.05, 3.63) is 29.8 Å². The van der Waals surface area contributed by atoms with E-state index < -0.39 is 6.04 Å². The minimum atomic E-state index is -0.523. The fourth-order valence-electron chi connectivity index (χ4n) is 2.91. The Morgan fingerprint density at radius 1 is 1.35 bits per heavy atom. The Bertz CT molecular complexity index is 621. The molecule has 6 heteroatoms. The maximum Gasteiger partial charge on any atom is 0.329 e. The van der Waals surface area contributed by atoms with E-state index in [1.165, 1.54) is 0 Å². The highest BCUT2D eigenvalue weighted by Gasteiger charge is 2.42. The number of unbranched alkanes of at least 4 members (excludes halogenated alkanes) is 1. The fourth-order valence-corrected chi connectivity index (χ4v) is 4.53. The molecule has 144 valence electrons. The van der Waals surface area contributed by atoms with Crippen LogP contribution < -0.4 is 5.32 Å². The van der Waals surface area contributed by atoms with E-state index in [1.807, 2.05) is 31.2 Å². The highest BCUT2D eigenvalue weighted by molar-refractivity contribution is 8.00. The van der Waals surface area contributed by atoms with Crippen LogP contribution in [0.4, 0.5) is 10.5 Å².